The fourth-order valence-electron chi connectivity index (χ4n) is 2.23. The predicted molar refractivity (Wildman–Crippen MR) is 86.9 cm³/mol. The lowest BCUT2D eigenvalue weighted by Crippen LogP contribution is -2.20. The zero-order valence-electron chi connectivity index (χ0n) is 11.9. The summed E-state index contributed by atoms with van der Waals surface area (Å²) < 4.78 is 0.736. The summed E-state index contributed by atoms with van der Waals surface area (Å²) in [5.41, 5.74) is 3.46. The first kappa shape index (κ1) is 15.1. The van der Waals surface area contributed by atoms with Gasteiger partial charge in [-0.05, 0) is 40.9 Å². The summed E-state index contributed by atoms with van der Waals surface area (Å²) in [5, 5.41) is 13.5. The van der Waals surface area contributed by atoms with E-state index in [1.54, 1.807) is 0 Å². The van der Waals surface area contributed by atoms with Gasteiger partial charge in [0.1, 0.15) is 5.75 Å². The number of benzene rings is 2. The lowest BCUT2D eigenvalue weighted by Gasteiger charge is -2.18. The summed E-state index contributed by atoms with van der Waals surface area (Å²) >= 11 is 3.35. The Bertz CT molecular complexity index is 566. The third-order valence-corrected chi connectivity index (χ3v) is 4.14. The molecule has 3 heteroatoms. The highest BCUT2D eigenvalue weighted by molar-refractivity contribution is 9.10. The van der Waals surface area contributed by atoms with Crippen LogP contribution in [-0.2, 0) is 6.54 Å². The number of aryl methyl sites for hydroxylation is 1. The molecule has 1 unspecified atom stereocenters. The Balaban J connectivity index is 2.07. The maximum atomic E-state index is 10.0. The van der Waals surface area contributed by atoms with E-state index in [2.05, 4.69) is 59.4 Å². The van der Waals surface area contributed by atoms with E-state index >= 15 is 0 Å². The smallest absolute Gasteiger partial charge is 0.134 e. The molecule has 0 aromatic heterocycles. The Kier molecular flexibility index (Phi) is 5.21. The van der Waals surface area contributed by atoms with Crippen LogP contribution in [0.15, 0.2) is 46.9 Å². The Morgan fingerprint density at radius 1 is 1.15 bits per heavy atom. The molecular formula is C17H20BrNO. The van der Waals surface area contributed by atoms with Gasteiger partial charge in [-0.15, -0.1) is 0 Å². The highest BCUT2D eigenvalue weighted by Crippen LogP contribution is 2.28. The molecule has 0 saturated heterocycles. The molecule has 0 aliphatic rings. The minimum atomic E-state index is 0.300. The van der Waals surface area contributed by atoms with Crippen molar-refractivity contribution in [2.24, 2.45) is 0 Å². The number of halogens is 1. The van der Waals surface area contributed by atoms with E-state index in [1.807, 2.05) is 18.2 Å². The average molecular weight is 334 g/mol. The van der Waals surface area contributed by atoms with Gasteiger partial charge >= 0.3 is 0 Å². The minimum absolute atomic E-state index is 0.300. The summed E-state index contributed by atoms with van der Waals surface area (Å²) in [6, 6.07) is 14.6. The maximum Gasteiger partial charge on any atom is 0.134 e. The second kappa shape index (κ2) is 6.91. The molecule has 20 heavy (non-hydrogen) atoms. The monoisotopic (exact) mass is 333 g/mol. The van der Waals surface area contributed by atoms with Crippen LogP contribution < -0.4 is 5.32 Å². The van der Waals surface area contributed by atoms with Crippen LogP contribution in [0.3, 0.4) is 0 Å². The van der Waals surface area contributed by atoms with Crippen LogP contribution in [0.2, 0.25) is 0 Å². The van der Waals surface area contributed by atoms with E-state index in [9.17, 15) is 5.11 Å². The number of phenols is 1. The van der Waals surface area contributed by atoms with E-state index in [1.165, 1.54) is 11.1 Å². The zero-order valence-corrected chi connectivity index (χ0v) is 13.4. The van der Waals surface area contributed by atoms with Crippen molar-refractivity contribution in [2.75, 3.05) is 0 Å². The minimum Gasteiger partial charge on any atom is -0.506 e. The topological polar surface area (TPSA) is 32.3 Å². The third-order valence-electron chi connectivity index (χ3n) is 3.50. The van der Waals surface area contributed by atoms with Gasteiger partial charge in [-0.1, -0.05) is 48.9 Å². The normalized spacial score (nSPS) is 12.3. The van der Waals surface area contributed by atoms with Crippen molar-refractivity contribution in [3.05, 3.63) is 63.6 Å². The predicted octanol–water partition coefficient (Wildman–Crippen LogP) is 4.70. The van der Waals surface area contributed by atoms with Crippen molar-refractivity contribution in [3.63, 3.8) is 0 Å². The number of para-hydroxylation sites is 1. The van der Waals surface area contributed by atoms with E-state index in [0.29, 0.717) is 18.3 Å². The fraction of sp³-hybridized carbons (Fsp3) is 0.294. The molecule has 0 heterocycles. The molecule has 2 rings (SSSR count). The molecule has 106 valence electrons. The lowest BCUT2D eigenvalue weighted by molar-refractivity contribution is 0.452. The summed E-state index contributed by atoms with van der Waals surface area (Å²) in [4.78, 5) is 0. The molecule has 2 aromatic carbocycles. The highest BCUT2D eigenvalue weighted by Gasteiger charge is 2.10. The molecule has 2 nitrogen and oxygen atoms in total. The van der Waals surface area contributed by atoms with Gasteiger partial charge in [0.05, 0.1) is 4.47 Å². The molecule has 0 saturated carbocycles. The van der Waals surface area contributed by atoms with Crippen molar-refractivity contribution in [2.45, 2.75) is 32.9 Å². The van der Waals surface area contributed by atoms with Crippen LogP contribution in [0, 0.1) is 6.92 Å². The number of nitrogens with one attached hydrogen (secondary N) is 1. The molecule has 1 atom stereocenters. The molecule has 0 aliphatic carbocycles. The van der Waals surface area contributed by atoms with E-state index in [-0.39, 0.29) is 0 Å². The summed E-state index contributed by atoms with van der Waals surface area (Å²) in [5.74, 6) is 0.318. The number of phenolic OH excluding ortho intramolecular Hbond substituents is 1. The Morgan fingerprint density at radius 3 is 2.50 bits per heavy atom. The lowest BCUT2D eigenvalue weighted by atomic mass is 10.0. The second-order valence-corrected chi connectivity index (χ2v) is 5.85. The van der Waals surface area contributed by atoms with Gasteiger partial charge in [0.25, 0.3) is 0 Å². The number of hydrogen-bond acceptors (Lipinski definition) is 2. The molecule has 0 radical (unpaired) electrons. The first-order valence-corrected chi connectivity index (χ1v) is 7.67. The number of rotatable bonds is 5. The SMILES string of the molecule is CCC(NCc1cccc(Br)c1O)c1ccc(C)cc1. The zero-order chi connectivity index (χ0) is 14.5. The molecular weight excluding hydrogens is 314 g/mol. The Labute approximate surface area is 129 Å². The number of hydrogen-bond donors (Lipinski definition) is 2. The summed E-state index contributed by atoms with van der Waals surface area (Å²) in [7, 11) is 0. The molecule has 0 fully saturated rings. The van der Waals surface area contributed by atoms with E-state index in [4.69, 9.17) is 0 Å². The third kappa shape index (κ3) is 3.62. The second-order valence-electron chi connectivity index (χ2n) is 5.00. The van der Waals surface area contributed by atoms with Gasteiger partial charge in [-0.25, -0.2) is 0 Å². The van der Waals surface area contributed by atoms with Gasteiger partial charge in [-0.3, -0.25) is 0 Å². The quantitative estimate of drug-likeness (QED) is 0.830. The molecule has 0 amide bonds. The Morgan fingerprint density at radius 2 is 1.85 bits per heavy atom. The molecule has 0 bridgehead atoms. The maximum absolute atomic E-state index is 10.0. The van der Waals surface area contributed by atoms with E-state index < -0.39 is 0 Å². The largest absolute Gasteiger partial charge is 0.506 e. The Hall–Kier alpha value is -1.32. The van der Waals surface area contributed by atoms with Gasteiger partial charge in [-0.2, -0.15) is 0 Å². The highest BCUT2D eigenvalue weighted by atomic mass is 79.9. The van der Waals surface area contributed by atoms with Gasteiger partial charge < -0.3 is 10.4 Å². The van der Waals surface area contributed by atoms with Gasteiger partial charge in [0.2, 0.25) is 0 Å². The fourth-order valence-corrected chi connectivity index (χ4v) is 2.64. The molecule has 0 aliphatic heterocycles. The van der Waals surface area contributed by atoms with E-state index in [0.717, 1.165) is 16.5 Å². The van der Waals surface area contributed by atoms with Crippen molar-refractivity contribution in [3.8, 4) is 5.75 Å². The standard InChI is InChI=1S/C17H20BrNO/c1-3-16(13-9-7-12(2)8-10-13)19-11-14-5-4-6-15(18)17(14)20/h4-10,16,19-20H,3,11H2,1-2H3. The van der Waals surface area contributed by atoms with Crippen LogP contribution in [0.4, 0.5) is 0 Å². The number of aromatic hydroxyl groups is 1. The molecule has 0 spiro atoms. The van der Waals surface area contributed by atoms with Crippen molar-refractivity contribution in [1.29, 1.82) is 0 Å². The first-order valence-electron chi connectivity index (χ1n) is 6.88. The van der Waals surface area contributed by atoms with Crippen LogP contribution in [0.25, 0.3) is 0 Å². The average Bonchev–Trinajstić information content (AvgIpc) is 2.45. The van der Waals surface area contributed by atoms with Gasteiger partial charge in [0.15, 0.2) is 0 Å². The van der Waals surface area contributed by atoms with Crippen molar-refractivity contribution in [1.82, 2.24) is 5.32 Å². The van der Waals surface area contributed by atoms with Crippen molar-refractivity contribution < 1.29 is 5.11 Å². The summed E-state index contributed by atoms with van der Waals surface area (Å²) in [6.45, 7) is 4.91. The van der Waals surface area contributed by atoms with Crippen LogP contribution in [0.1, 0.15) is 36.1 Å². The van der Waals surface area contributed by atoms with Crippen LogP contribution in [0.5, 0.6) is 5.75 Å². The van der Waals surface area contributed by atoms with Crippen LogP contribution in [-0.4, -0.2) is 5.11 Å². The molecule has 2 N–H and O–H groups in total. The first-order chi connectivity index (χ1) is 9.61. The summed E-state index contributed by atoms with van der Waals surface area (Å²) in [6.07, 6.45) is 1.01. The van der Waals surface area contributed by atoms with Crippen LogP contribution >= 0.6 is 15.9 Å². The molecule has 2 aromatic rings. The van der Waals surface area contributed by atoms with Crippen molar-refractivity contribution >= 4 is 15.9 Å². The van der Waals surface area contributed by atoms with Gasteiger partial charge in [0, 0.05) is 18.2 Å².